The van der Waals surface area contributed by atoms with Gasteiger partial charge >= 0.3 is 11.7 Å². The van der Waals surface area contributed by atoms with Crippen molar-refractivity contribution in [2.75, 3.05) is 13.1 Å². The van der Waals surface area contributed by atoms with E-state index in [1.54, 1.807) is 0 Å². The summed E-state index contributed by atoms with van der Waals surface area (Å²) in [6, 6.07) is 14.5. The van der Waals surface area contributed by atoms with Crippen LogP contribution in [0.2, 0.25) is 0 Å². The molecule has 6 N–H and O–H groups in total. The minimum Gasteiger partial charge on any atom is -0.344 e. The lowest BCUT2D eigenvalue weighted by Crippen LogP contribution is -2.43. The van der Waals surface area contributed by atoms with Gasteiger partial charge in [-0.1, -0.05) is 29.8 Å². The molecule has 0 spiro atoms. The monoisotopic (exact) mass is 366 g/mol. The molecule has 1 heterocycles. The molecule has 0 saturated carbocycles. The molecule has 1 amide bonds. The van der Waals surface area contributed by atoms with Gasteiger partial charge in [0.05, 0.1) is 7.05 Å². The maximum Gasteiger partial charge on any atom is 0.346 e. The number of fused-ring (bicyclic) bond motifs is 1. The number of hydrogen-bond acceptors (Lipinski definition) is 3. The predicted octanol–water partition coefficient (Wildman–Crippen LogP) is 1.76. The van der Waals surface area contributed by atoms with E-state index < -0.39 is 0 Å². The average molecular weight is 366 g/mol. The molecule has 0 aliphatic rings. The fourth-order valence-electron chi connectivity index (χ4n) is 3.17. The van der Waals surface area contributed by atoms with E-state index in [-0.39, 0.29) is 11.9 Å². The van der Waals surface area contributed by atoms with Crippen LogP contribution in [0.1, 0.15) is 29.0 Å². The Morgan fingerprint density at radius 1 is 1.19 bits per heavy atom. The molecule has 6 heteroatoms. The summed E-state index contributed by atoms with van der Waals surface area (Å²) in [5, 5.41) is 2.91. The summed E-state index contributed by atoms with van der Waals surface area (Å²) in [4.78, 5) is 15.8. The van der Waals surface area contributed by atoms with E-state index in [2.05, 4.69) is 53.6 Å². The van der Waals surface area contributed by atoms with Gasteiger partial charge in [0, 0.05) is 12.6 Å². The minimum absolute atomic E-state index is 0.0830. The number of nitrogens with two attached hydrogens (primary N) is 2. The largest absolute Gasteiger partial charge is 0.346 e. The summed E-state index contributed by atoms with van der Waals surface area (Å²) in [6.45, 7) is 3.12. The average Bonchev–Trinajstić information content (AvgIpc) is 3.01. The molecule has 3 aromatic rings. The molecule has 2 aromatic carbocycles. The molecule has 0 aliphatic heterocycles. The standard InChI is InChI=1S/C21H27N5O/c1-14-5-7-15(8-6-14)16-9-10-18-19(12-16)26(2)20(25-18)21(27)24-13-17(23)4-3-11-22/h5-10,12,17H,3-4,11,13,22-23H2,1-2H3,(H,24,27)/p+1/t17-/m1/s1. The smallest absolute Gasteiger partial charge is 0.344 e. The van der Waals surface area contributed by atoms with Crippen molar-refractivity contribution in [3.63, 3.8) is 0 Å². The zero-order chi connectivity index (χ0) is 19.4. The number of rotatable bonds is 7. The summed E-state index contributed by atoms with van der Waals surface area (Å²) in [7, 11) is 1.89. The Balaban J connectivity index is 1.80. The van der Waals surface area contributed by atoms with Crippen molar-refractivity contribution in [1.82, 2.24) is 10.3 Å². The third-order valence-electron chi connectivity index (χ3n) is 4.85. The van der Waals surface area contributed by atoms with Gasteiger partial charge in [0.15, 0.2) is 11.0 Å². The van der Waals surface area contributed by atoms with E-state index >= 15 is 0 Å². The third-order valence-corrected chi connectivity index (χ3v) is 4.85. The van der Waals surface area contributed by atoms with Gasteiger partial charge in [-0.2, -0.15) is 0 Å². The first-order valence-electron chi connectivity index (χ1n) is 9.32. The Bertz CT molecular complexity index is 930. The van der Waals surface area contributed by atoms with E-state index in [0.29, 0.717) is 18.9 Å². The highest BCUT2D eigenvalue weighted by molar-refractivity contribution is 5.92. The lowest BCUT2D eigenvalue weighted by atomic mass is 10.0. The second kappa shape index (κ2) is 8.33. The number of hydrogen-bond donors (Lipinski definition) is 4. The quantitative estimate of drug-likeness (QED) is 0.479. The molecule has 0 unspecified atom stereocenters. The van der Waals surface area contributed by atoms with Crippen LogP contribution in [-0.4, -0.2) is 30.0 Å². The van der Waals surface area contributed by atoms with Gasteiger partial charge in [0.25, 0.3) is 0 Å². The van der Waals surface area contributed by atoms with Crippen molar-refractivity contribution in [1.29, 1.82) is 0 Å². The number of carbonyl (C=O) groups excluding carboxylic acids is 1. The van der Waals surface area contributed by atoms with Gasteiger partial charge in [0.1, 0.15) is 0 Å². The van der Waals surface area contributed by atoms with Crippen molar-refractivity contribution in [3.05, 3.63) is 53.9 Å². The highest BCUT2D eigenvalue weighted by Crippen LogP contribution is 2.23. The molecule has 0 saturated heterocycles. The minimum atomic E-state index is -0.159. The molecule has 3 rings (SSSR count). The van der Waals surface area contributed by atoms with E-state index in [1.807, 2.05) is 17.7 Å². The first-order valence-corrected chi connectivity index (χ1v) is 9.32. The molecular weight excluding hydrogens is 338 g/mol. The Morgan fingerprint density at radius 2 is 1.89 bits per heavy atom. The van der Waals surface area contributed by atoms with Crippen molar-refractivity contribution in [2.24, 2.45) is 18.5 Å². The molecule has 6 nitrogen and oxygen atoms in total. The molecular formula is C21H28N5O+. The number of aromatic nitrogens is 2. The summed E-state index contributed by atoms with van der Waals surface area (Å²) in [5.74, 6) is 0.353. The number of aryl methyl sites for hydroxylation is 2. The second-order valence-corrected chi connectivity index (χ2v) is 7.03. The van der Waals surface area contributed by atoms with E-state index in [0.717, 1.165) is 35.0 Å². The second-order valence-electron chi connectivity index (χ2n) is 7.03. The number of benzene rings is 2. The van der Waals surface area contributed by atoms with Gasteiger partial charge < -0.3 is 16.8 Å². The Hall–Kier alpha value is -2.70. The zero-order valence-corrected chi connectivity index (χ0v) is 16.0. The first kappa shape index (κ1) is 19.1. The summed E-state index contributed by atoms with van der Waals surface area (Å²) >= 11 is 0. The van der Waals surface area contributed by atoms with Gasteiger partial charge in [-0.25, -0.2) is 9.55 Å². The topological polar surface area (TPSA) is 101 Å². The summed E-state index contributed by atoms with van der Waals surface area (Å²) < 4.78 is 1.88. The molecule has 0 fully saturated rings. The normalized spacial score (nSPS) is 12.3. The number of H-pyrrole nitrogens is 1. The molecule has 0 bridgehead atoms. The van der Waals surface area contributed by atoms with Gasteiger partial charge in [0.2, 0.25) is 0 Å². The molecule has 1 atom stereocenters. The van der Waals surface area contributed by atoms with Crippen LogP contribution in [0.15, 0.2) is 42.5 Å². The van der Waals surface area contributed by atoms with Crippen molar-refractivity contribution in [2.45, 2.75) is 25.8 Å². The highest BCUT2D eigenvalue weighted by Gasteiger charge is 2.23. The fraction of sp³-hybridized carbons (Fsp3) is 0.333. The van der Waals surface area contributed by atoms with Gasteiger partial charge in [-0.15, -0.1) is 0 Å². The van der Waals surface area contributed by atoms with E-state index in [9.17, 15) is 4.79 Å². The van der Waals surface area contributed by atoms with Crippen LogP contribution in [0.5, 0.6) is 0 Å². The Morgan fingerprint density at radius 3 is 2.59 bits per heavy atom. The molecule has 142 valence electrons. The van der Waals surface area contributed by atoms with E-state index in [4.69, 9.17) is 11.5 Å². The SMILES string of the molecule is Cc1ccc(-c2ccc3[nH]c(C(=O)NC[C@H](N)CCCN)[n+](C)c3c2)cc1. The number of aromatic amines is 1. The highest BCUT2D eigenvalue weighted by atomic mass is 16.2. The van der Waals surface area contributed by atoms with Crippen LogP contribution >= 0.6 is 0 Å². The van der Waals surface area contributed by atoms with Crippen LogP contribution in [-0.2, 0) is 7.05 Å². The fourth-order valence-corrected chi connectivity index (χ4v) is 3.17. The van der Waals surface area contributed by atoms with Crippen LogP contribution in [0.3, 0.4) is 0 Å². The number of nitrogens with zero attached hydrogens (tertiary/aromatic N) is 1. The number of carbonyl (C=O) groups is 1. The van der Waals surface area contributed by atoms with Gasteiger partial charge in [-0.05, 0) is 55.6 Å². The van der Waals surface area contributed by atoms with Crippen molar-refractivity contribution in [3.8, 4) is 11.1 Å². The zero-order valence-electron chi connectivity index (χ0n) is 16.0. The summed E-state index contributed by atoms with van der Waals surface area (Å²) in [5.41, 5.74) is 16.9. The maximum atomic E-state index is 12.6. The van der Waals surface area contributed by atoms with Crippen molar-refractivity contribution < 1.29 is 9.36 Å². The number of imidazole rings is 1. The number of amides is 1. The van der Waals surface area contributed by atoms with E-state index in [1.165, 1.54) is 5.56 Å². The molecule has 27 heavy (non-hydrogen) atoms. The lowest BCUT2D eigenvalue weighted by molar-refractivity contribution is -0.646. The lowest BCUT2D eigenvalue weighted by Gasteiger charge is -2.10. The van der Waals surface area contributed by atoms with Crippen LogP contribution in [0.25, 0.3) is 22.2 Å². The third kappa shape index (κ3) is 4.35. The Kier molecular flexibility index (Phi) is 5.88. The van der Waals surface area contributed by atoms with Gasteiger partial charge in [-0.3, -0.25) is 4.79 Å². The predicted molar refractivity (Wildman–Crippen MR) is 108 cm³/mol. The van der Waals surface area contributed by atoms with Crippen LogP contribution in [0.4, 0.5) is 0 Å². The summed E-state index contributed by atoms with van der Waals surface area (Å²) in [6.07, 6.45) is 1.66. The molecule has 0 radical (unpaired) electrons. The molecule has 0 aliphatic carbocycles. The first-order chi connectivity index (χ1) is 13.0. The maximum absolute atomic E-state index is 12.6. The number of nitrogens with one attached hydrogen (secondary N) is 2. The van der Waals surface area contributed by atoms with Crippen molar-refractivity contribution >= 4 is 16.9 Å². The molecule has 1 aromatic heterocycles. The van der Waals surface area contributed by atoms with Crippen LogP contribution < -0.4 is 21.4 Å². The van der Waals surface area contributed by atoms with Crippen LogP contribution in [0, 0.1) is 6.92 Å². The Labute approximate surface area is 159 Å².